The van der Waals surface area contributed by atoms with Gasteiger partial charge in [0, 0.05) is 28.6 Å². The molecule has 7 heteroatoms. The normalized spacial score (nSPS) is 11.3. The highest BCUT2D eigenvalue weighted by Gasteiger charge is 2.24. The van der Waals surface area contributed by atoms with Crippen molar-refractivity contribution in [1.29, 1.82) is 0 Å². The molecule has 0 saturated heterocycles. The highest BCUT2D eigenvalue weighted by Crippen LogP contribution is 2.27. The van der Waals surface area contributed by atoms with Gasteiger partial charge in [-0.25, -0.2) is 4.68 Å². The van der Waals surface area contributed by atoms with Gasteiger partial charge in [-0.15, -0.1) is 0 Å². The van der Waals surface area contributed by atoms with Gasteiger partial charge in [0.25, 0.3) is 5.91 Å². The standard InChI is InChI=1S/C30H31ClN4O2/c1-21-9-8-12-25(17-21)35-27(18-26(33-35)30(2,3)4)32-28(36)20-34(19-22-10-6-5-7-11-22)29(37)23-13-15-24(31)16-14-23/h5-18H,19-20H2,1-4H3,(H,32,36). The maximum atomic E-state index is 13.4. The first-order valence-corrected chi connectivity index (χ1v) is 12.5. The van der Waals surface area contributed by atoms with Crippen molar-refractivity contribution in [2.75, 3.05) is 11.9 Å². The average Bonchev–Trinajstić information content (AvgIpc) is 3.28. The number of aryl methyl sites for hydroxylation is 1. The molecular formula is C30H31ClN4O2. The van der Waals surface area contributed by atoms with E-state index >= 15 is 0 Å². The average molecular weight is 515 g/mol. The lowest BCUT2D eigenvalue weighted by molar-refractivity contribution is -0.117. The number of halogens is 1. The Labute approximate surface area is 222 Å². The Morgan fingerprint density at radius 1 is 0.946 bits per heavy atom. The molecule has 0 saturated carbocycles. The summed E-state index contributed by atoms with van der Waals surface area (Å²) in [6, 6.07) is 26.1. The summed E-state index contributed by atoms with van der Waals surface area (Å²) in [5, 5.41) is 8.34. The van der Waals surface area contributed by atoms with Crippen LogP contribution < -0.4 is 5.32 Å². The molecule has 1 aromatic heterocycles. The molecule has 0 aliphatic heterocycles. The topological polar surface area (TPSA) is 67.2 Å². The monoisotopic (exact) mass is 514 g/mol. The number of aromatic nitrogens is 2. The van der Waals surface area contributed by atoms with Gasteiger partial charge < -0.3 is 10.2 Å². The van der Waals surface area contributed by atoms with E-state index in [1.807, 2.05) is 67.6 Å². The van der Waals surface area contributed by atoms with Crippen LogP contribution >= 0.6 is 11.6 Å². The van der Waals surface area contributed by atoms with Gasteiger partial charge >= 0.3 is 0 Å². The molecule has 190 valence electrons. The van der Waals surface area contributed by atoms with Crippen LogP contribution in [0.3, 0.4) is 0 Å². The molecule has 0 bridgehead atoms. The molecule has 1 heterocycles. The van der Waals surface area contributed by atoms with Crippen LogP contribution in [-0.2, 0) is 16.8 Å². The first-order valence-electron chi connectivity index (χ1n) is 12.2. The molecule has 3 aromatic carbocycles. The summed E-state index contributed by atoms with van der Waals surface area (Å²) in [7, 11) is 0. The molecule has 4 aromatic rings. The first kappa shape index (κ1) is 26.2. The minimum atomic E-state index is -0.312. The van der Waals surface area contributed by atoms with E-state index in [4.69, 9.17) is 16.7 Å². The molecule has 0 spiro atoms. The summed E-state index contributed by atoms with van der Waals surface area (Å²) in [5.74, 6) is -0.00937. The SMILES string of the molecule is Cc1cccc(-n2nc(C(C)(C)C)cc2NC(=O)CN(Cc2ccccc2)C(=O)c2ccc(Cl)cc2)c1. The molecular weight excluding hydrogens is 484 g/mol. The number of amides is 2. The van der Waals surface area contributed by atoms with Crippen molar-refractivity contribution in [2.45, 2.75) is 39.7 Å². The summed E-state index contributed by atoms with van der Waals surface area (Å²) in [6.45, 7) is 8.41. The van der Waals surface area contributed by atoms with Crippen molar-refractivity contribution >= 4 is 29.2 Å². The first-order chi connectivity index (χ1) is 17.6. The lowest BCUT2D eigenvalue weighted by Crippen LogP contribution is -2.37. The maximum absolute atomic E-state index is 13.4. The molecule has 4 rings (SSSR count). The predicted octanol–water partition coefficient (Wildman–Crippen LogP) is 6.41. The van der Waals surface area contributed by atoms with Crippen molar-refractivity contribution in [1.82, 2.24) is 14.7 Å². The zero-order valence-corrected chi connectivity index (χ0v) is 22.3. The van der Waals surface area contributed by atoms with Crippen molar-refractivity contribution < 1.29 is 9.59 Å². The van der Waals surface area contributed by atoms with E-state index in [0.29, 0.717) is 22.9 Å². The quantitative estimate of drug-likeness (QED) is 0.310. The predicted molar refractivity (Wildman–Crippen MR) is 148 cm³/mol. The van der Waals surface area contributed by atoms with Crippen molar-refractivity contribution in [3.63, 3.8) is 0 Å². The number of hydrogen-bond acceptors (Lipinski definition) is 3. The van der Waals surface area contributed by atoms with Crippen LogP contribution in [0.5, 0.6) is 0 Å². The Kier molecular flexibility index (Phi) is 7.79. The van der Waals surface area contributed by atoms with Gasteiger partial charge in [0.05, 0.1) is 11.4 Å². The van der Waals surface area contributed by atoms with Crippen LogP contribution in [0.25, 0.3) is 5.69 Å². The number of benzene rings is 3. The van der Waals surface area contributed by atoms with Gasteiger partial charge in [0.2, 0.25) is 5.91 Å². The van der Waals surface area contributed by atoms with Crippen LogP contribution in [0.4, 0.5) is 5.82 Å². The minimum Gasteiger partial charge on any atom is -0.325 e. The second-order valence-electron chi connectivity index (χ2n) is 10.1. The maximum Gasteiger partial charge on any atom is 0.254 e. The molecule has 0 aliphatic rings. The Morgan fingerprint density at radius 2 is 1.65 bits per heavy atom. The molecule has 2 amide bonds. The van der Waals surface area contributed by atoms with Gasteiger partial charge in [0.1, 0.15) is 12.4 Å². The molecule has 37 heavy (non-hydrogen) atoms. The van der Waals surface area contributed by atoms with E-state index < -0.39 is 0 Å². The summed E-state index contributed by atoms with van der Waals surface area (Å²) < 4.78 is 1.74. The molecule has 0 unspecified atom stereocenters. The molecule has 0 fully saturated rings. The lowest BCUT2D eigenvalue weighted by Gasteiger charge is -2.23. The van der Waals surface area contributed by atoms with Gasteiger partial charge in [0.15, 0.2) is 0 Å². The molecule has 6 nitrogen and oxygen atoms in total. The summed E-state index contributed by atoms with van der Waals surface area (Å²) in [4.78, 5) is 28.3. The second-order valence-corrected chi connectivity index (χ2v) is 10.6. The number of nitrogens with one attached hydrogen (secondary N) is 1. The largest absolute Gasteiger partial charge is 0.325 e. The number of carbonyl (C=O) groups excluding carboxylic acids is 2. The Bertz CT molecular complexity index is 1390. The fourth-order valence-electron chi connectivity index (χ4n) is 3.93. The third-order valence-corrected chi connectivity index (χ3v) is 6.17. The summed E-state index contributed by atoms with van der Waals surface area (Å²) in [5.41, 5.74) is 3.97. The minimum absolute atomic E-state index is 0.125. The lowest BCUT2D eigenvalue weighted by atomic mass is 9.92. The van der Waals surface area contributed by atoms with E-state index in [-0.39, 0.29) is 23.8 Å². The van der Waals surface area contributed by atoms with Crippen LogP contribution in [0.2, 0.25) is 5.02 Å². The fraction of sp³-hybridized carbons (Fsp3) is 0.233. The van der Waals surface area contributed by atoms with Gasteiger partial charge in [-0.3, -0.25) is 9.59 Å². The fourth-order valence-corrected chi connectivity index (χ4v) is 4.05. The van der Waals surface area contributed by atoms with E-state index in [1.54, 1.807) is 28.9 Å². The van der Waals surface area contributed by atoms with Gasteiger partial charge in [-0.2, -0.15) is 5.10 Å². The third kappa shape index (κ3) is 6.66. The van der Waals surface area contributed by atoms with E-state index in [2.05, 4.69) is 26.1 Å². The molecule has 0 radical (unpaired) electrons. The van der Waals surface area contributed by atoms with E-state index in [9.17, 15) is 9.59 Å². The molecule has 1 N–H and O–H groups in total. The Balaban J connectivity index is 1.62. The van der Waals surface area contributed by atoms with Crippen LogP contribution in [-0.4, -0.2) is 33.0 Å². The van der Waals surface area contributed by atoms with Crippen molar-refractivity contribution in [3.8, 4) is 5.69 Å². The number of hydrogen-bond donors (Lipinski definition) is 1. The Morgan fingerprint density at radius 3 is 2.30 bits per heavy atom. The van der Waals surface area contributed by atoms with Crippen molar-refractivity contribution in [3.05, 3.63) is 112 Å². The Hall–Kier alpha value is -3.90. The zero-order chi connectivity index (χ0) is 26.6. The van der Waals surface area contributed by atoms with Crippen LogP contribution in [0.1, 0.15) is 48.0 Å². The van der Waals surface area contributed by atoms with Crippen LogP contribution in [0.15, 0.2) is 84.9 Å². The number of rotatable bonds is 7. The van der Waals surface area contributed by atoms with E-state index in [1.165, 1.54) is 4.90 Å². The number of anilines is 1. The third-order valence-electron chi connectivity index (χ3n) is 5.92. The highest BCUT2D eigenvalue weighted by atomic mass is 35.5. The smallest absolute Gasteiger partial charge is 0.254 e. The van der Waals surface area contributed by atoms with Gasteiger partial charge in [-0.05, 0) is 54.4 Å². The highest BCUT2D eigenvalue weighted by molar-refractivity contribution is 6.30. The summed E-state index contributed by atoms with van der Waals surface area (Å²) >= 11 is 6.01. The van der Waals surface area contributed by atoms with Crippen LogP contribution in [0, 0.1) is 6.92 Å². The molecule has 0 aliphatic carbocycles. The van der Waals surface area contributed by atoms with E-state index in [0.717, 1.165) is 22.5 Å². The summed E-state index contributed by atoms with van der Waals surface area (Å²) in [6.07, 6.45) is 0. The second kappa shape index (κ2) is 11.0. The number of carbonyl (C=O) groups is 2. The zero-order valence-electron chi connectivity index (χ0n) is 21.5. The molecule has 0 atom stereocenters. The van der Waals surface area contributed by atoms with Crippen molar-refractivity contribution in [2.24, 2.45) is 0 Å². The number of nitrogens with zero attached hydrogens (tertiary/aromatic N) is 3. The van der Waals surface area contributed by atoms with Gasteiger partial charge in [-0.1, -0.05) is 74.8 Å².